The van der Waals surface area contributed by atoms with E-state index in [-0.39, 0.29) is 5.91 Å². The average Bonchev–Trinajstić information content (AvgIpc) is 3.33. The van der Waals surface area contributed by atoms with E-state index >= 15 is 0 Å². The van der Waals surface area contributed by atoms with Crippen molar-refractivity contribution in [2.75, 3.05) is 10.7 Å². The summed E-state index contributed by atoms with van der Waals surface area (Å²) in [5.74, 6) is 0.401. The molecule has 3 aromatic rings. The first-order valence-electron chi connectivity index (χ1n) is 10.1. The highest BCUT2D eigenvalue weighted by Gasteiger charge is 2.28. The van der Waals surface area contributed by atoms with E-state index in [0.717, 1.165) is 28.7 Å². The summed E-state index contributed by atoms with van der Waals surface area (Å²) in [6.07, 6.45) is 8.64. The Labute approximate surface area is 178 Å². The molecule has 1 fully saturated rings. The molecule has 0 aliphatic heterocycles. The fourth-order valence-electron chi connectivity index (χ4n) is 3.62. The number of rotatable bonds is 7. The van der Waals surface area contributed by atoms with Gasteiger partial charge in [0.2, 0.25) is 5.91 Å². The van der Waals surface area contributed by atoms with Gasteiger partial charge in [0, 0.05) is 10.9 Å². The van der Waals surface area contributed by atoms with E-state index < -0.39 is 0 Å². The number of thioether (sulfide) groups is 1. The van der Waals surface area contributed by atoms with Crippen molar-refractivity contribution < 1.29 is 4.79 Å². The van der Waals surface area contributed by atoms with E-state index in [4.69, 9.17) is 4.98 Å². The molecule has 1 saturated carbocycles. The standard InChI is InChI=1S/C21H23N5OS2/c27-19(13-28-21-24-22-14-26(21)16-10-11-16)25(12-15-6-2-1-3-7-15)20-23-17-8-4-5-9-18(17)29-20/h1-3,6-7,14,16H,4-5,8-13H2. The zero-order valence-electron chi connectivity index (χ0n) is 16.2. The van der Waals surface area contributed by atoms with E-state index in [0.29, 0.717) is 18.3 Å². The summed E-state index contributed by atoms with van der Waals surface area (Å²) < 4.78 is 2.10. The van der Waals surface area contributed by atoms with Gasteiger partial charge in [-0.1, -0.05) is 42.1 Å². The fourth-order valence-corrected chi connectivity index (χ4v) is 5.65. The Balaban J connectivity index is 1.36. The van der Waals surface area contributed by atoms with Crippen molar-refractivity contribution in [2.45, 2.75) is 56.3 Å². The molecule has 2 heterocycles. The lowest BCUT2D eigenvalue weighted by Gasteiger charge is -2.20. The van der Waals surface area contributed by atoms with E-state index in [2.05, 4.69) is 26.9 Å². The minimum Gasteiger partial charge on any atom is -0.306 e. The lowest BCUT2D eigenvalue weighted by molar-refractivity contribution is -0.116. The van der Waals surface area contributed by atoms with Crippen molar-refractivity contribution in [3.8, 4) is 0 Å². The van der Waals surface area contributed by atoms with Gasteiger partial charge >= 0.3 is 0 Å². The summed E-state index contributed by atoms with van der Waals surface area (Å²) in [5, 5.41) is 9.90. The normalized spacial score (nSPS) is 15.9. The average molecular weight is 426 g/mol. The summed E-state index contributed by atoms with van der Waals surface area (Å²) in [6.45, 7) is 0.544. The molecule has 150 valence electrons. The Kier molecular flexibility index (Phi) is 5.37. The number of hydrogen-bond donors (Lipinski definition) is 0. The molecule has 2 aromatic heterocycles. The molecule has 0 unspecified atom stereocenters. The van der Waals surface area contributed by atoms with Crippen LogP contribution in [-0.2, 0) is 24.2 Å². The van der Waals surface area contributed by atoms with Gasteiger partial charge < -0.3 is 4.57 Å². The molecule has 0 saturated heterocycles. The van der Waals surface area contributed by atoms with Crippen LogP contribution in [0.15, 0.2) is 41.8 Å². The van der Waals surface area contributed by atoms with Crippen LogP contribution in [0.2, 0.25) is 0 Å². The van der Waals surface area contributed by atoms with Crippen molar-refractivity contribution in [1.82, 2.24) is 19.7 Å². The number of nitrogens with zero attached hydrogens (tertiary/aromatic N) is 5. The van der Waals surface area contributed by atoms with Gasteiger partial charge in [-0.2, -0.15) is 0 Å². The second-order valence-electron chi connectivity index (χ2n) is 7.58. The predicted molar refractivity (Wildman–Crippen MR) is 115 cm³/mol. The highest BCUT2D eigenvalue weighted by atomic mass is 32.2. The molecule has 6 nitrogen and oxygen atoms in total. The van der Waals surface area contributed by atoms with Crippen molar-refractivity contribution >= 4 is 34.1 Å². The SMILES string of the molecule is O=C(CSc1nncn1C1CC1)N(Cc1ccccc1)c1nc2c(s1)CCCC2. The summed E-state index contributed by atoms with van der Waals surface area (Å²) in [6, 6.07) is 10.7. The fraction of sp³-hybridized carbons (Fsp3) is 0.429. The highest BCUT2D eigenvalue weighted by molar-refractivity contribution is 7.99. The van der Waals surface area contributed by atoms with Crippen molar-refractivity contribution in [1.29, 1.82) is 0 Å². The Bertz CT molecular complexity index is 972. The number of carbonyl (C=O) groups is 1. The molecule has 29 heavy (non-hydrogen) atoms. The largest absolute Gasteiger partial charge is 0.306 e. The van der Waals surface area contributed by atoms with Crippen molar-refractivity contribution in [2.24, 2.45) is 0 Å². The third-order valence-corrected chi connectivity index (χ3v) is 7.48. The molecule has 1 amide bonds. The molecule has 5 rings (SSSR count). The van der Waals surface area contributed by atoms with Crippen LogP contribution in [0, 0.1) is 0 Å². The molecule has 0 spiro atoms. The van der Waals surface area contributed by atoms with Crippen LogP contribution in [0.25, 0.3) is 0 Å². The van der Waals surface area contributed by atoms with Crippen LogP contribution < -0.4 is 4.90 Å². The minimum atomic E-state index is 0.0651. The topological polar surface area (TPSA) is 63.9 Å². The number of aromatic nitrogens is 4. The molecule has 8 heteroatoms. The summed E-state index contributed by atoms with van der Waals surface area (Å²) >= 11 is 3.16. The molecular formula is C21H23N5OS2. The number of aryl methyl sites for hydroxylation is 2. The molecule has 0 N–H and O–H groups in total. The Morgan fingerprint density at radius 3 is 2.83 bits per heavy atom. The molecule has 0 atom stereocenters. The van der Waals surface area contributed by atoms with Crippen molar-refractivity contribution in [3.05, 3.63) is 52.8 Å². The van der Waals surface area contributed by atoms with E-state index in [1.54, 1.807) is 17.7 Å². The number of carbonyl (C=O) groups excluding carboxylic acids is 1. The zero-order chi connectivity index (χ0) is 19.6. The first kappa shape index (κ1) is 18.8. The predicted octanol–water partition coefficient (Wildman–Crippen LogP) is 4.27. The first-order valence-corrected chi connectivity index (χ1v) is 11.9. The molecule has 2 aliphatic rings. The summed E-state index contributed by atoms with van der Waals surface area (Å²) in [5.41, 5.74) is 2.29. The van der Waals surface area contributed by atoms with E-state index in [1.807, 2.05) is 23.1 Å². The first-order chi connectivity index (χ1) is 14.3. The van der Waals surface area contributed by atoms with Gasteiger partial charge in [0.1, 0.15) is 6.33 Å². The molecular weight excluding hydrogens is 402 g/mol. The number of benzene rings is 1. The third-order valence-electron chi connectivity index (χ3n) is 5.36. The second-order valence-corrected chi connectivity index (χ2v) is 9.58. The molecule has 2 aliphatic carbocycles. The lowest BCUT2D eigenvalue weighted by atomic mass is 10.0. The van der Waals surface area contributed by atoms with Gasteiger partial charge in [0.25, 0.3) is 0 Å². The minimum absolute atomic E-state index is 0.0651. The number of anilines is 1. The lowest BCUT2D eigenvalue weighted by Crippen LogP contribution is -2.32. The molecule has 0 bridgehead atoms. The zero-order valence-corrected chi connectivity index (χ0v) is 17.8. The maximum absolute atomic E-state index is 13.3. The number of fused-ring (bicyclic) bond motifs is 1. The van der Waals surface area contributed by atoms with Crippen LogP contribution >= 0.6 is 23.1 Å². The molecule has 1 aromatic carbocycles. The van der Waals surface area contributed by atoms with Gasteiger partial charge in [-0.25, -0.2) is 4.98 Å². The Hall–Kier alpha value is -2.19. The van der Waals surface area contributed by atoms with Crippen molar-refractivity contribution in [3.63, 3.8) is 0 Å². The Morgan fingerprint density at radius 2 is 2.03 bits per heavy atom. The number of thiazole rings is 1. The number of amides is 1. The van der Waals surface area contributed by atoms with Crippen LogP contribution in [0.3, 0.4) is 0 Å². The summed E-state index contributed by atoms with van der Waals surface area (Å²) in [4.78, 5) is 21.3. The van der Waals surface area contributed by atoms with Crippen LogP contribution in [0.5, 0.6) is 0 Å². The van der Waals surface area contributed by atoms with E-state index in [9.17, 15) is 4.79 Å². The molecule has 0 radical (unpaired) electrons. The quantitative estimate of drug-likeness (QED) is 0.529. The monoisotopic (exact) mass is 425 g/mol. The van der Waals surface area contributed by atoms with Gasteiger partial charge in [0.15, 0.2) is 10.3 Å². The van der Waals surface area contributed by atoms with E-state index in [1.165, 1.54) is 48.0 Å². The third kappa shape index (κ3) is 4.23. The maximum atomic E-state index is 13.3. The smallest absolute Gasteiger partial charge is 0.239 e. The van der Waals surface area contributed by atoms with Crippen LogP contribution in [0.1, 0.15) is 47.9 Å². The second kappa shape index (κ2) is 8.28. The van der Waals surface area contributed by atoms with Crippen LogP contribution in [0.4, 0.5) is 5.13 Å². The van der Waals surface area contributed by atoms with Gasteiger partial charge in [0.05, 0.1) is 18.0 Å². The summed E-state index contributed by atoms with van der Waals surface area (Å²) in [7, 11) is 0. The van der Waals surface area contributed by atoms with Gasteiger partial charge in [-0.15, -0.1) is 21.5 Å². The number of hydrogen-bond acceptors (Lipinski definition) is 6. The van der Waals surface area contributed by atoms with Crippen LogP contribution in [-0.4, -0.2) is 31.4 Å². The highest BCUT2D eigenvalue weighted by Crippen LogP contribution is 2.37. The maximum Gasteiger partial charge on any atom is 0.239 e. The van der Waals surface area contributed by atoms with Gasteiger partial charge in [-0.05, 0) is 44.1 Å². The van der Waals surface area contributed by atoms with Gasteiger partial charge in [-0.3, -0.25) is 9.69 Å². The Morgan fingerprint density at radius 1 is 1.21 bits per heavy atom.